The Balaban J connectivity index is 1.75. The van der Waals surface area contributed by atoms with E-state index in [9.17, 15) is 14.9 Å². The Labute approximate surface area is 197 Å². The van der Waals surface area contributed by atoms with Crippen molar-refractivity contribution >= 4 is 40.9 Å². The summed E-state index contributed by atoms with van der Waals surface area (Å²) < 4.78 is 5.67. The van der Waals surface area contributed by atoms with Crippen LogP contribution >= 0.6 is 11.6 Å². The molecule has 3 aromatic rings. The van der Waals surface area contributed by atoms with E-state index in [4.69, 9.17) is 16.3 Å². The number of nitrogens with one attached hydrogen (secondary N) is 2. The molecule has 0 atom stereocenters. The molecule has 0 saturated carbocycles. The minimum absolute atomic E-state index is 0.131. The number of para-hydroxylation sites is 1. The summed E-state index contributed by atoms with van der Waals surface area (Å²) in [6.45, 7) is 3.54. The first-order valence-corrected chi connectivity index (χ1v) is 10.5. The molecule has 0 bridgehead atoms. The number of ether oxygens (including phenoxy) is 1. The van der Waals surface area contributed by atoms with Crippen molar-refractivity contribution in [3.8, 4) is 11.8 Å². The van der Waals surface area contributed by atoms with E-state index < -0.39 is 5.91 Å². The quantitative estimate of drug-likeness (QED) is 0.359. The first-order chi connectivity index (χ1) is 15.9. The molecular weight excluding hydrogens is 438 g/mol. The van der Waals surface area contributed by atoms with Gasteiger partial charge in [-0.1, -0.05) is 41.9 Å². The van der Waals surface area contributed by atoms with Crippen LogP contribution in [0.2, 0.25) is 5.02 Å². The minimum atomic E-state index is -0.564. The number of aryl methyl sites for hydroxylation is 2. The van der Waals surface area contributed by atoms with Gasteiger partial charge in [0.2, 0.25) is 0 Å². The van der Waals surface area contributed by atoms with Crippen molar-refractivity contribution in [1.29, 1.82) is 5.26 Å². The van der Waals surface area contributed by atoms with Gasteiger partial charge in [0, 0.05) is 22.0 Å². The first kappa shape index (κ1) is 23.6. The zero-order chi connectivity index (χ0) is 23.8. The number of hydrogen-bond donors (Lipinski definition) is 2. The molecule has 0 aliphatic rings. The summed E-state index contributed by atoms with van der Waals surface area (Å²) >= 11 is 6.11. The average Bonchev–Trinajstić information content (AvgIpc) is 2.78. The molecule has 3 aromatic carbocycles. The molecule has 0 unspecified atom stereocenters. The first-order valence-electron chi connectivity index (χ1n) is 10.1. The summed E-state index contributed by atoms with van der Waals surface area (Å²) in [5, 5.41) is 15.4. The maximum absolute atomic E-state index is 12.6. The Morgan fingerprint density at radius 2 is 1.82 bits per heavy atom. The number of halogens is 1. The molecule has 0 heterocycles. The molecule has 2 amide bonds. The van der Waals surface area contributed by atoms with Gasteiger partial charge in [0.05, 0.1) is 0 Å². The van der Waals surface area contributed by atoms with E-state index >= 15 is 0 Å². The summed E-state index contributed by atoms with van der Waals surface area (Å²) in [6, 6.07) is 21.3. The third-order valence-electron chi connectivity index (χ3n) is 4.69. The van der Waals surface area contributed by atoms with Gasteiger partial charge in [-0.25, -0.2) is 0 Å². The van der Waals surface area contributed by atoms with Gasteiger partial charge in [-0.2, -0.15) is 5.26 Å². The van der Waals surface area contributed by atoms with Gasteiger partial charge in [-0.05, 0) is 67.4 Å². The maximum atomic E-state index is 12.6. The summed E-state index contributed by atoms with van der Waals surface area (Å²) in [6.07, 6.45) is 1.38. The smallest absolute Gasteiger partial charge is 0.266 e. The highest BCUT2D eigenvalue weighted by molar-refractivity contribution is 6.30. The fourth-order valence-electron chi connectivity index (χ4n) is 3.03. The van der Waals surface area contributed by atoms with Crippen LogP contribution in [0.25, 0.3) is 6.08 Å². The Bertz CT molecular complexity index is 1260. The van der Waals surface area contributed by atoms with Crippen LogP contribution in [0, 0.1) is 25.2 Å². The van der Waals surface area contributed by atoms with Crippen LogP contribution in [-0.2, 0) is 9.59 Å². The van der Waals surface area contributed by atoms with E-state index in [1.165, 1.54) is 6.08 Å². The number of carbonyl (C=O) groups excluding carboxylic acids is 2. The summed E-state index contributed by atoms with van der Waals surface area (Å²) in [7, 11) is 0. The Hall–Kier alpha value is -4.08. The van der Waals surface area contributed by atoms with Crippen molar-refractivity contribution in [2.75, 3.05) is 17.2 Å². The predicted octanol–water partition coefficient (Wildman–Crippen LogP) is 5.52. The lowest BCUT2D eigenvalue weighted by molar-refractivity contribution is -0.118. The normalized spacial score (nSPS) is 10.8. The number of carbonyl (C=O) groups is 2. The lowest BCUT2D eigenvalue weighted by Gasteiger charge is -2.12. The Morgan fingerprint density at radius 3 is 2.55 bits per heavy atom. The molecular formula is C26H22ClN3O3. The second-order valence-corrected chi connectivity index (χ2v) is 7.76. The lowest BCUT2D eigenvalue weighted by atomic mass is 10.1. The second-order valence-electron chi connectivity index (χ2n) is 7.33. The zero-order valence-corrected chi connectivity index (χ0v) is 18.9. The summed E-state index contributed by atoms with van der Waals surface area (Å²) in [5.41, 5.74) is 3.46. The molecule has 0 spiro atoms. The zero-order valence-electron chi connectivity index (χ0n) is 18.2. The highest BCUT2D eigenvalue weighted by Gasteiger charge is 2.13. The molecule has 7 heteroatoms. The Morgan fingerprint density at radius 1 is 1.03 bits per heavy atom. The van der Waals surface area contributed by atoms with Gasteiger partial charge in [0.25, 0.3) is 11.8 Å². The van der Waals surface area contributed by atoms with E-state index in [-0.39, 0.29) is 18.1 Å². The third-order valence-corrected chi connectivity index (χ3v) is 4.93. The molecule has 0 saturated heterocycles. The second kappa shape index (κ2) is 11.0. The molecule has 166 valence electrons. The summed E-state index contributed by atoms with van der Waals surface area (Å²) in [4.78, 5) is 25.0. The lowest BCUT2D eigenvalue weighted by Crippen LogP contribution is -2.21. The fourth-order valence-corrected chi connectivity index (χ4v) is 3.21. The molecule has 3 rings (SSSR count). The van der Waals surface area contributed by atoms with Crippen LogP contribution in [0.5, 0.6) is 5.75 Å². The standard InChI is InChI=1S/C26H22ClN3O3/c1-17-6-5-8-22(12-17)29-26(32)20(15-28)13-19-14-21(27)10-11-24(19)33-16-25(31)30-23-9-4-3-7-18(23)2/h3-14H,16H2,1-2H3,(H,29,32)(H,30,31)/b20-13+. The SMILES string of the molecule is Cc1cccc(NC(=O)/C(C#N)=C/c2cc(Cl)ccc2OCC(=O)Nc2ccccc2C)c1. The molecule has 0 aromatic heterocycles. The number of benzene rings is 3. The van der Waals surface area contributed by atoms with Gasteiger partial charge >= 0.3 is 0 Å². The van der Waals surface area contributed by atoms with Crippen molar-refractivity contribution in [2.45, 2.75) is 13.8 Å². The van der Waals surface area contributed by atoms with E-state index in [0.717, 1.165) is 11.1 Å². The topological polar surface area (TPSA) is 91.2 Å². The number of anilines is 2. The van der Waals surface area contributed by atoms with Gasteiger partial charge in [-0.3, -0.25) is 9.59 Å². The van der Waals surface area contributed by atoms with Crippen LogP contribution < -0.4 is 15.4 Å². The predicted molar refractivity (Wildman–Crippen MR) is 130 cm³/mol. The maximum Gasteiger partial charge on any atom is 0.266 e. The van der Waals surface area contributed by atoms with Crippen molar-refractivity contribution in [2.24, 2.45) is 0 Å². The van der Waals surface area contributed by atoms with Crippen molar-refractivity contribution in [1.82, 2.24) is 0 Å². The highest BCUT2D eigenvalue weighted by atomic mass is 35.5. The molecule has 0 fully saturated rings. The largest absolute Gasteiger partial charge is 0.483 e. The van der Waals surface area contributed by atoms with Crippen molar-refractivity contribution in [3.05, 3.63) is 94.0 Å². The number of rotatable bonds is 7. The van der Waals surface area contributed by atoms with Gasteiger partial charge in [0.15, 0.2) is 6.61 Å². The van der Waals surface area contributed by atoms with E-state index in [0.29, 0.717) is 27.7 Å². The molecule has 0 aliphatic heterocycles. The molecule has 0 radical (unpaired) electrons. The van der Waals surface area contributed by atoms with Crippen LogP contribution in [0.3, 0.4) is 0 Å². The van der Waals surface area contributed by atoms with Gasteiger partial charge in [0.1, 0.15) is 17.4 Å². The van der Waals surface area contributed by atoms with E-state index in [1.54, 1.807) is 36.4 Å². The van der Waals surface area contributed by atoms with E-state index in [2.05, 4.69) is 10.6 Å². The van der Waals surface area contributed by atoms with E-state index in [1.807, 2.05) is 50.2 Å². The van der Waals surface area contributed by atoms with Crippen molar-refractivity contribution < 1.29 is 14.3 Å². The fraction of sp³-hybridized carbons (Fsp3) is 0.115. The number of amides is 2. The van der Waals surface area contributed by atoms with Crippen LogP contribution in [0.15, 0.2) is 72.3 Å². The monoisotopic (exact) mass is 459 g/mol. The molecule has 0 aliphatic carbocycles. The number of hydrogen-bond acceptors (Lipinski definition) is 4. The highest BCUT2D eigenvalue weighted by Crippen LogP contribution is 2.26. The van der Waals surface area contributed by atoms with Crippen LogP contribution in [-0.4, -0.2) is 18.4 Å². The number of nitriles is 1. The molecule has 6 nitrogen and oxygen atoms in total. The minimum Gasteiger partial charge on any atom is -0.483 e. The van der Waals surface area contributed by atoms with Gasteiger partial charge < -0.3 is 15.4 Å². The molecule has 33 heavy (non-hydrogen) atoms. The summed E-state index contributed by atoms with van der Waals surface area (Å²) in [5.74, 6) is -0.589. The van der Waals surface area contributed by atoms with Crippen LogP contribution in [0.1, 0.15) is 16.7 Å². The van der Waals surface area contributed by atoms with Crippen LogP contribution in [0.4, 0.5) is 11.4 Å². The third kappa shape index (κ3) is 6.70. The molecule has 2 N–H and O–H groups in total. The average molecular weight is 460 g/mol. The van der Waals surface area contributed by atoms with Gasteiger partial charge in [-0.15, -0.1) is 0 Å². The Kier molecular flexibility index (Phi) is 7.85. The number of nitrogens with zero attached hydrogens (tertiary/aromatic N) is 1. The van der Waals surface area contributed by atoms with Crippen molar-refractivity contribution in [3.63, 3.8) is 0 Å².